The number of hydrogen-bond acceptors (Lipinski definition) is 4. The van der Waals surface area contributed by atoms with Gasteiger partial charge < -0.3 is 10.5 Å². The van der Waals surface area contributed by atoms with Gasteiger partial charge in [0, 0.05) is 30.2 Å². The molecule has 0 aromatic carbocycles. The van der Waals surface area contributed by atoms with E-state index in [-0.39, 0.29) is 6.61 Å². The first-order valence-corrected chi connectivity index (χ1v) is 4.03. The molecule has 0 radical (unpaired) electrons. The molecule has 1 aromatic rings. The summed E-state index contributed by atoms with van der Waals surface area (Å²) >= 11 is 0. The molecule has 0 aliphatic carbocycles. The average molecular weight is 179 g/mol. The molecule has 0 atom stereocenters. The van der Waals surface area contributed by atoms with E-state index >= 15 is 0 Å². The van der Waals surface area contributed by atoms with Crippen molar-refractivity contribution in [2.24, 2.45) is 0 Å². The van der Waals surface area contributed by atoms with Gasteiger partial charge in [-0.05, 0) is 12.1 Å². The van der Waals surface area contributed by atoms with Gasteiger partial charge in [0.15, 0.2) is 0 Å². The predicted octanol–water partition coefficient (Wildman–Crippen LogP) is 0.139. The van der Waals surface area contributed by atoms with Crippen LogP contribution in [0.2, 0.25) is 0 Å². The zero-order chi connectivity index (χ0) is 9.52. The Kier molecular flexibility index (Phi) is 3.95. The Morgan fingerprint density at radius 1 is 1.46 bits per heavy atom. The fourth-order valence-corrected chi connectivity index (χ4v) is 0.850. The average Bonchev–Trinajstić information content (AvgIpc) is 2.19. The van der Waals surface area contributed by atoms with Crippen LogP contribution in [0.4, 0.5) is 0 Å². The minimum absolute atomic E-state index is 0.0939. The van der Waals surface area contributed by atoms with Gasteiger partial charge in [-0.1, -0.05) is 6.58 Å². The SMILES string of the molecule is C=C(NNCCO)c1ccncc1. The van der Waals surface area contributed by atoms with Crippen LogP contribution in [-0.2, 0) is 0 Å². The van der Waals surface area contributed by atoms with Gasteiger partial charge in [-0.25, -0.2) is 5.43 Å². The summed E-state index contributed by atoms with van der Waals surface area (Å²) < 4.78 is 0. The van der Waals surface area contributed by atoms with Crippen molar-refractivity contribution in [3.8, 4) is 0 Å². The maximum Gasteiger partial charge on any atom is 0.0574 e. The third-order valence-corrected chi connectivity index (χ3v) is 1.50. The van der Waals surface area contributed by atoms with Gasteiger partial charge in [0.1, 0.15) is 0 Å². The monoisotopic (exact) mass is 179 g/mol. The zero-order valence-electron chi connectivity index (χ0n) is 7.33. The summed E-state index contributed by atoms with van der Waals surface area (Å²) in [5.74, 6) is 0. The van der Waals surface area contributed by atoms with Gasteiger partial charge in [0.05, 0.1) is 6.61 Å². The van der Waals surface area contributed by atoms with E-state index in [4.69, 9.17) is 5.11 Å². The fraction of sp³-hybridized carbons (Fsp3) is 0.222. The molecular weight excluding hydrogens is 166 g/mol. The number of aliphatic hydroxyl groups excluding tert-OH is 1. The van der Waals surface area contributed by atoms with Gasteiger partial charge in [-0.15, -0.1) is 0 Å². The zero-order valence-corrected chi connectivity index (χ0v) is 7.33. The molecule has 0 bridgehead atoms. The van der Waals surface area contributed by atoms with Crippen LogP contribution in [0, 0.1) is 0 Å². The number of aliphatic hydroxyl groups is 1. The van der Waals surface area contributed by atoms with Crippen molar-refractivity contribution >= 4 is 5.70 Å². The maximum atomic E-state index is 8.51. The Labute approximate surface area is 77.3 Å². The van der Waals surface area contributed by atoms with Crippen molar-refractivity contribution in [3.05, 3.63) is 36.7 Å². The molecule has 1 rings (SSSR count). The number of nitrogens with zero attached hydrogens (tertiary/aromatic N) is 1. The second kappa shape index (κ2) is 5.29. The highest BCUT2D eigenvalue weighted by atomic mass is 16.3. The lowest BCUT2D eigenvalue weighted by Gasteiger charge is -2.09. The number of nitrogens with one attached hydrogen (secondary N) is 2. The van der Waals surface area contributed by atoms with Gasteiger partial charge in [0.2, 0.25) is 0 Å². The van der Waals surface area contributed by atoms with Gasteiger partial charge in [-0.3, -0.25) is 4.98 Å². The van der Waals surface area contributed by atoms with Crippen molar-refractivity contribution < 1.29 is 5.11 Å². The molecule has 0 saturated carbocycles. The number of pyridine rings is 1. The summed E-state index contributed by atoms with van der Waals surface area (Å²) in [5, 5.41) is 8.51. The lowest BCUT2D eigenvalue weighted by Crippen LogP contribution is -2.32. The van der Waals surface area contributed by atoms with Gasteiger partial charge in [0.25, 0.3) is 0 Å². The number of hydrogen-bond donors (Lipinski definition) is 3. The summed E-state index contributed by atoms with van der Waals surface area (Å²) in [6, 6.07) is 3.71. The van der Waals surface area contributed by atoms with Crippen LogP contribution >= 0.6 is 0 Å². The van der Waals surface area contributed by atoms with E-state index in [1.165, 1.54) is 0 Å². The summed E-state index contributed by atoms with van der Waals surface area (Å²) in [7, 11) is 0. The molecule has 1 aromatic heterocycles. The van der Waals surface area contributed by atoms with E-state index < -0.39 is 0 Å². The molecular formula is C9H13N3O. The van der Waals surface area contributed by atoms with Crippen LogP contribution in [0.5, 0.6) is 0 Å². The molecule has 0 saturated heterocycles. The van der Waals surface area contributed by atoms with Crippen molar-refractivity contribution in [2.45, 2.75) is 0 Å². The van der Waals surface area contributed by atoms with E-state index in [0.29, 0.717) is 6.54 Å². The molecule has 4 nitrogen and oxygen atoms in total. The molecule has 0 amide bonds. The van der Waals surface area contributed by atoms with Crippen LogP contribution < -0.4 is 10.9 Å². The molecule has 0 fully saturated rings. The van der Waals surface area contributed by atoms with E-state index in [0.717, 1.165) is 11.3 Å². The van der Waals surface area contributed by atoms with E-state index in [1.54, 1.807) is 12.4 Å². The molecule has 3 N–H and O–H groups in total. The third-order valence-electron chi connectivity index (χ3n) is 1.50. The highest BCUT2D eigenvalue weighted by Crippen LogP contribution is 2.04. The minimum Gasteiger partial charge on any atom is -0.395 e. The highest BCUT2D eigenvalue weighted by Gasteiger charge is 1.94. The molecule has 0 unspecified atom stereocenters. The Balaban J connectivity index is 2.40. The lowest BCUT2D eigenvalue weighted by atomic mass is 10.2. The molecule has 4 heteroatoms. The standard InChI is InChI=1S/C9H13N3O/c1-8(12-11-6-7-13)9-2-4-10-5-3-9/h2-5,11-13H,1,6-7H2. The molecule has 0 aliphatic heterocycles. The van der Waals surface area contributed by atoms with E-state index in [9.17, 15) is 0 Å². The summed E-state index contributed by atoms with van der Waals surface area (Å²) in [5.41, 5.74) is 7.41. The summed E-state index contributed by atoms with van der Waals surface area (Å²) in [6.45, 7) is 4.40. The van der Waals surface area contributed by atoms with Crippen molar-refractivity contribution in [3.63, 3.8) is 0 Å². The Hall–Kier alpha value is -1.39. The smallest absolute Gasteiger partial charge is 0.0574 e. The van der Waals surface area contributed by atoms with Crippen LogP contribution in [0.1, 0.15) is 5.56 Å². The van der Waals surface area contributed by atoms with Crippen LogP contribution in [0.3, 0.4) is 0 Å². The van der Waals surface area contributed by atoms with E-state index in [1.807, 2.05) is 12.1 Å². The molecule has 1 heterocycles. The van der Waals surface area contributed by atoms with E-state index in [2.05, 4.69) is 22.4 Å². The Bertz CT molecular complexity index is 261. The topological polar surface area (TPSA) is 57.2 Å². The number of rotatable bonds is 5. The molecule has 13 heavy (non-hydrogen) atoms. The van der Waals surface area contributed by atoms with Crippen LogP contribution in [0.15, 0.2) is 31.1 Å². The fourth-order valence-electron chi connectivity index (χ4n) is 0.850. The molecule has 0 spiro atoms. The van der Waals surface area contributed by atoms with Crippen LogP contribution in [0.25, 0.3) is 5.70 Å². The number of aromatic nitrogens is 1. The van der Waals surface area contributed by atoms with Crippen molar-refractivity contribution in [1.82, 2.24) is 15.8 Å². The molecule has 70 valence electrons. The quantitative estimate of drug-likeness (QED) is 0.444. The lowest BCUT2D eigenvalue weighted by molar-refractivity contribution is 0.288. The normalized spacial score (nSPS) is 9.62. The Morgan fingerprint density at radius 2 is 2.15 bits per heavy atom. The number of hydrazine groups is 1. The van der Waals surface area contributed by atoms with Crippen LogP contribution in [-0.4, -0.2) is 23.2 Å². The minimum atomic E-state index is 0.0939. The maximum absolute atomic E-state index is 8.51. The van der Waals surface area contributed by atoms with Crippen molar-refractivity contribution in [1.29, 1.82) is 0 Å². The predicted molar refractivity (Wildman–Crippen MR) is 51.5 cm³/mol. The first-order valence-electron chi connectivity index (χ1n) is 4.03. The van der Waals surface area contributed by atoms with Crippen molar-refractivity contribution in [2.75, 3.05) is 13.2 Å². The Morgan fingerprint density at radius 3 is 2.77 bits per heavy atom. The van der Waals surface area contributed by atoms with Gasteiger partial charge >= 0.3 is 0 Å². The first-order chi connectivity index (χ1) is 6.34. The summed E-state index contributed by atoms with van der Waals surface area (Å²) in [4.78, 5) is 3.89. The molecule has 0 aliphatic rings. The third kappa shape index (κ3) is 3.23. The first kappa shape index (κ1) is 9.70. The second-order valence-corrected chi connectivity index (χ2v) is 2.49. The second-order valence-electron chi connectivity index (χ2n) is 2.49. The largest absolute Gasteiger partial charge is 0.395 e. The summed E-state index contributed by atoms with van der Waals surface area (Å²) in [6.07, 6.45) is 3.41. The highest BCUT2D eigenvalue weighted by molar-refractivity contribution is 5.60. The van der Waals surface area contributed by atoms with Gasteiger partial charge in [-0.2, -0.15) is 0 Å².